The Labute approximate surface area is 150 Å². The molecule has 1 saturated heterocycles. The van der Waals surface area contributed by atoms with Crippen LogP contribution in [0.2, 0.25) is 0 Å². The molecule has 1 N–H and O–H groups in total. The molecule has 3 heteroatoms. The van der Waals surface area contributed by atoms with Crippen molar-refractivity contribution in [2.24, 2.45) is 0 Å². The first-order chi connectivity index (χ1) is 12.0. The number of nitrogens with one attached hydrogen (secondary N) is 1. The molecule has 0 aliphatic carbocycles. The molecule has 0 radical (unpaired) electrons. The average molecular weight is 337 g/mol. The van der Waals surface area contributed by atoms with Crippen molar-refractivity contribution in [3.8, 4) is 0 Å². The van der Waals surface area contributed by atoms with Crippen molar-refractivity contribution in [1.29, 1.82) is 0 Å². The maximum Gasteiger partial charge on any atom is 0.251 e. The number of aryl methyl sites for hydroxylation is 3. The number of carbonyl (C=O) groups excluding carboxylic acids is 1. The molecule has 2 aromatic carbocycles. The maximum absolute atomic E-state index is 12.7. The van der Waals surface area contributed by atoms with Gasteiger partial charge in [0.15, 0.2) is 0 Å². The van der Waals surface area contributed by atoms with Crippen LogP contribution in [0, 0.1) is 20.8 Å². The van der Waals surface area contributed by atoms with E-state index in [1.54, 1.807) is 0 Å². The molecule has 25 heavy (non-hydrogen) atoms. The second-order valence-corrected chi connectivity index (χ2v) is 7.26. The number of amides is 1. The molecule has 1 aliphatic heterocycles. The fraction of sp³-hybridized carbons (Fsp3) is 0.409. The van der Waals surface area contributed by atoms with Crippen LogP contribution in [-0.2, 0) is 10.2 Å². The normalized spacial score (nSPS) is 16.4. The monoisotopic (exact) mass is 337 g/mol. The predicted octanol–water partition coefficient (Wildman–Crippen LogP) is 4.09. The zero-order valence-electron chi connectivity index (χ0n) is 15.4. The number of carbonyl (C=O) groups is 1. The van der Waals surface area contributed by atoms with Crippen molar-refractivity contribution < 1.29 is 9.53 Å². The fourth-order valence-electron chi connectivity index (χ4n) is 3.56. The third-order valence-electron chi connectivity index (χ3n) is 5.34. The Morgan fingerprint density at radius 2 is 1.64 bits per heavy atom. The molecule has 1 aliphatic rings. The van der Waals surface area contributed by atoms with E-state index in [2.05, 4.69) is 36.5 Å². The minimum Gasteiger partial charge on any atom is -0.381 e. The van der Waals surface area contributed by atoms with Gasteiger partial charge in [0, 0.05) is 30.7 Å². The van der Waals surface area contributed by atoms with Crippen molar-refractivity contribution in [3.05, 3.63) is 70.3 Å². The van der Waals surface area contributed by atoms with Gasteiger partial charge in [-0.3, -0.25) is 4.79 Å². The molecule has 0 saturated carbocycles. The Bertz CT molecular complexity index is 743. The molecule has 132 valence electrons. The summed E-state index contributed by atoms with van der Waals surface area (Å²) in [6.07, 6.45) is 1.87. The lowest BCUT2D eigenvalue weighted by Crippen LogP contribution is -2.44. The van der Waals surface area contributed by atoms with Crippen LogP contribution < -0.4 is 5.32 Å². The quantitative estimate of drug-likeness (QED) is 0.912. The van der Waals surface area contributed by atoms with Crippen LogP contribution in [0.3, 0.4) is 0 Å². The molecular weight excluding hydrogens is 310 g/mol. The van der Waals surface area contributed by atoms with Crippen LogP contribution in [0.5, 0.6) is 0 Å². The molecular formula is C22H27NO2. The summed E-state index contributed by atoms with van der Waals surface area (Å²) in [7, 11) is 0. The van der Waals surface area contributed by atoms with Gasteiger partial charge in [-0.25, -0.2) is 0 Å². The van der Waals surface area contributed by atoms with Crippen molar-refractivity contribution >= 4 is 5.91 Å². The Morgan fingerprint density at radius 3 is 2.32 bits per heavy atom. The van der Waals surface area contributed by atoms with Crippen molar-refractivity contribution in [3.63, 3.8) is 0 Å². The lowest BCUT2D eigenvalue weighted by molar-refractivity contribution is 0.0487. The van der Waals surface area contributed by atoms with Gasteiger partial charge in [0.25, 0.3) is 5.91 Å². The molecule has 3 nitrogen and oxygen atoms in total. The molecule has 0 bridgehead atoms. The van der Waals surface area contributed by atoms with Crippen LogP contribution in [-0.4, -0.2) is 25.7 Å². The summed E-state index contributed by atoms with van der Waals surface area (Å²) in [6.45, 7) is 8.23. The topological polar surface area (TPSA) is 38.3 Å². The van der Waals surface area contributed by atoms with E-state index in [-0.39, 0.29) is 11.3 Å². The van der Waals surface area contributed by atoms with Gasteiger partial charge in [0.1, 0.15) is 0 Å². The highest BCUT2D eigenvalue weighted by Crippen LogP contribution is 2.34. The molecule has 1 fully saturated rings. The van der Waals surface area contributed by atoms with Crippen LogP contribution >= 0.6 is 0 Å². The zero-order chi connectivity index (χ0) is 17.9. The highest BCUT2D eigenvalue weighted by molar-refractivity contribution is 5.95. The second-order valence-electron chi connectivity index (χ2n) is 7.26. The fourth-order valence-corrected chi connectivity index (χ4v) is 3.56. The summed E-state index contributed by atoms with van der Waals surface area (Å²) in [5.41, 5.74) is 5.40. The van der Waals surface area contributed by atoms with Gasteiger partial charge in [0.05, 0.1) is 0 Å². The Morgan fingerprint density at radius 1 is 1.00 bits per heavy atom. The molecule has 0 spiro atoms. The first kappa shape index (κ1) is 17.7. The summed E-state index contributed by atoms with van der Waals surface area (Å²) >= 11 is 0. The molecule has 2 aromatic rings. The molecule has 0 aromatic heterocycles. The van der Waals surface area contributed by atoms with E-state index >= 15 is 0 Å². The van der Waals surface area contributed by atoms with Gasteiger partial charge >= 0.3 is 0 Å². The van der Waals surface area contributed by atoms with E-state index in [0.29, 0.717) is 6.54 Å². The van der Waals surface area contributed by atoms with E-state index in [1.807, 2.05) is 32.0 Å². The van der Waals surface area contributed by atoms with Crippen molar-refractivity contribution in [2.75, 3.05) is 19.8 Å². The number of rotatable bonds is 4. The lowest BCUT2D eigenvalue weighted by atomic mass is 9.74. The van der Waals surface area contributed by atoms with Gasteiger partial charge in [-0.1, -0.05) is 47.5 Å². The summed E-state index contributed by atoms with van der Waals surface area (Å²) < 4.78 is 5.58. The standard InChI is InChI=1S/C22H27NO2/c1-16-5-8-19(9-6-16)22(10-12-25-13-11-22)15-23-21(24)20-14-17(2)4-7-18(20)3/h4-9,14H,10-13,15H2,1-3H3,(H,23,24). The van der Waals surface area contributed by atoms with Crippen molar-refractivity contribution in [2.45, 2.75) is 39.0 Å². The predicted molar refractivity (Wildman–Crippen MR) is 101 cm³/mol. The third kappa shape index (κ3) is 3.93. The molecule has 0 atom stereocenters. The van der Waals surface area contributed by atoms with Gasteiger partial charge < -0.3 is 10.1 Å². The average Bonchev–Trinajstić information content (AvgIpc) is 2.63. The number of ether oxygens (including phenoxy) is 1. The lowest BCUT2D eigenvalue weighted by Gasteiger charge is -2.38. The Hall–Kier alpha value is -2.13. The Balaban J connectivity index is 1.80. The van der Waals surface area contributed by atoms with Gasteiger partial charge in [-0.2, -0.15) is 0 Å². The van der Waals surface area contributed by atoms with Crippen LogP contribution in [0.15, 0.2) is 42.5 Å². The van der Waals surface area contributed by atoms with Gasteiger partial charge in [0.2, 0.25) is 0 Å². The summed E-state index contributed by atoms with van der Waals surface area (Å²) in [4.78, 5) is 12.7. The smallest absolute Gasteiger partial charge is 0.251 e. The molecule has 3 rings (SSSR count). The minimum atomic E-state index is -0.0423. The van der Waals surface area contributed by atoms with E-state index < -0.39 is 0 Å². The molecule has 1 amide bonds. The maximum atomic E-state index is 12.7. The summed E-state index contributed by atoms with van der Waals surface area (Å²) in [6, 6.07) is 14.7. The number of benzene rings is 2. The Kier molecular flexibility index (Phi) is 5.24. The van der Waals surface area contributed by atoms with Crippen LogP contribution in [0.1, 0.15) is 45.5 Å². The summed E-state index contributed by atoms with van der Waals surface area (Å²) in [5, 5.41) is 3.20. The van der Waals surface area contributed by atoms with Crippen LogP contribution in [0.25, 0.3) is 0 Å². The first-order valence-corrected chi connectivity index (χ1v) is 9.01. The van der Waals surface area contributed by atoms with Crippen LogP contribution in [0.4, 0.5) is 0 Å². The van der Waals surface area contributed by atoms with E-state index in [1.165, 1.54) is 11.1 Å². The minimum absolute atomic E-state index is 0.0131. The first-order valence-electron chi connectivity index (χ1n) is 9.01. The molecule has 0 unspecified atom stereocenters. The molecule has 1 heterocycles. The SMILES string of the molecule is Cc1ccc(C2(CNC(=O)c3cc(C)ccc3C)CCOCC2)cc1. The zero-order valence-corrected chi connectivity index (χ0v) is 15.4. The highest BCUT2D eigenvalue weighted by Gasteiger charge is 2.35. The second kappa shape index (κ2) is 7.40. The summed E-state index contributed by atoms with van der Waals surface area (Å²) in [5.74, 6) is 0.0131. The highest BCUT2D eigenvalue weighted by atomic mass is 16.5. The third-order valence-corrected chi connectivity index (χ3v) is 5.34. The number of hydrogen-bond acceptors (Lipinski definition) is 2. The van der Waals surface area contributed by atoms with E-state index in [9.17, 15) is 4.79 Å². The van der Waals surface area contributed by atoms with Gasteiger partial charge in [-0.15, -0.1) is 0 Å². The van der Waals surface area contributed by atoms with E-state index in [0.717, 1.165) is 42.7 Å². The largest absolute Gasteiger partial charge is 0.381 e. The van der Waals surface area contributed by atoms with E-state index in [4.69, 9.17) is 4.74 Å². The van der Waals surface area contributed by atoms with Crippen molar-refractivity contribution in [1.82, 2.24) is 5.32 Å². The van der Waals surface area contributed by atoms with Gasteiger partial charge in [-0.05, 0) is 50.8 Å². The number of hydrogen-bond donors (Lipinski definition) is 1.